The van der Waals surface area contributed by atoms with E-state index in [0.717, 1.165) is 5.56 Å². The molecule has 4 N–H and O–H groups in total. The summed E-state index contributed by atoms with van der Waals surface area (Å²) >= 11 is 0. The highest BCUT2D eigenvalue weighted by molar-refractivity contribution is 6.52. The zero-order chi connectivity index (χ0) is 14.3. The number of pyridine rings is 1. The van der Waals surface area contributed by atoms with Gasteiger partial charge in [-0.1, -0.05) is 12.1 Å². The van der Waals surface area contributed by atoms with Gasteiger partial charge in [-0.3, -0.25) is 0 Å². The fraction of sp³-hybridized carbons (Fsp3) is 0.462. The molecule has 0 aliphatic carbocycles. The Morgan fingerprint density at radius 1 is 1.16 bits per heavy atom. The summed E-state index contributed by atoms with van der Waals surface area (Å²) in [7, 11) is -0.390. The van der Waals surface area contributed by atoms with Gasteiger partial charge in [0.05, 0.1) is 16.9 Å². The Bertz CT molecular complexity index is 499. The lowest BCUT2D eigenvalue weighted by Gasteiger charge is -2.32. The summed E-state index contributed by atoms with van der Waals surface area (Å²) in [6, 6.07) is 1.80. The number of hydrogen-bond acceptors (Lipinski definition) is 5. The number of nitrogen functional groups attached to an aromatic ring is 2. The van der Waals surface area contributed by atoms with Crippen molar-refractivity contribution in [1.29, 1.82) is 0 Å². The molecule has 0 unspecified atom stereocenters. The highest BCUT2D eigenvalue weighted by Gasteiger charge is 2.49. The third-order valence-corrected chi connectivity index (χ3v) is 3.76. The van der Waals surface area contributed by atoms with E-state index in [-0.39, 0.29) is 11.2 Å². The second-order valence-corrected chi connectivity index (χ2v) is 5.68. The summed E-state index contributed by atoms with van der Waals surface area (Å²) in [5.74, 6) is 2.16. The van der Waals surface area contributed by atoms with Crippen LogP contribution in [-0.4, -0.2) is 23.3 Å². The predicted octanol–water partition coefficient (Wildman–Crippen LogP) is 1.89. The molecule has 0 atom stereocenters. The van der Waals surface area contributed by atoms with E-state index < -0.39 is 7.12 Å². The van der Waals surface area contributed by atoms with E-state index in [1.165, 1.54) is 0 Å². The first kappa shape index (κ1) is 13.9. The van der Waals surface area contributed by atoms with E-state index in [1.54, 1.807) is 12.3 Å². The number of rotatable bonds is 2. The zero-order valence-electron chi connectivity index (χ0n) is 11.8. The van der Waals surface area contributed by atoms with Gasteiger partial charge in [0, 0.05) is 11.8 Å². The topological polar surface area (TPSA) is 83.4 Å². The number of nitrogens with two attached hydrogens (primary N) is 2. The van der Waals surface area contributed by atoms with Crippen molar-refractivity contribution in [2.75, 3.05) is 11.5 Å². The lowest BCUT2D eigenvalue weighted by atomic mass is 9.89. The summed E-state index contributed by atoms with van der Waals surface area (Å²) in [5, 5.41) is 0. The molecule has 0 spiro atoms. The molecule has 102 valence electrons. The minimum Gasteiger partial charge on any atom is -0.400 e. The molecular weight excluding hydrogens is 241 g/mol. The first-order chi connectivity index (χ1) is 8.73. The van der Waals surface area contributed by atoms with Crippen LogP contribution in [0.15, 0.2) is 18.2 Å². The molecule has 1 aromatic rings. The number of anilines is 2. The average Bonchev–Trinajstić information content (AvgIpc) is 2.50. The maximum atomic E-state index is 5.86. The van der Waals surface area contributed by atoms with Crippen molar-refractivity contribution in [2.24, 2.45) is 0 Å². The molecule has 1 saturated heterocycles. The van der Waals surface area contributed by atoms with Crippen LogP contribution in [0.2, 0.25) is 0 Å². The third kappa shape index (κ3) is 2.59. The molecule has 0 amide bonds. The number of aromatic nitrogens is 1. The Kier molecular flexibility index (Phi) is 3.32. The molecular formula is C13H20BN3O2. The molecule has 1 fully saturated rings. The van der Waals surface area contributed by atoms with Crippen LogP contribution in [0.1, 0.15) is 33.3 Å². The van der Waals surface area contributed by atoms with Crippen molar-refractivity contribution in [1.82, 2.24) is 4.98 Å². The number of hydrogen-bond donors (Lipinski definition) is 2. The first-order valence-corrected chi connectivity index (χ1v) is 6.27. The Morgan fingerprint density at radius 3 is 2.32 bits per heavy atom. The van der Waals surface area contributed by atoms with Gasteiger partial charge in [-0.05, 0) is 33.8 Å². The highest BCUT2D eigenvalue weighted by atomic mass is 16.7. The maximum Gasteiger partial charge on any atom is 0.487 e. The summed E-state index contributed by atoms with van der Waals surface area (Å²) in [4.78, 5) is 3.92. The van der Waals surface area contributed by atoms with Crippen molar-refractivity contribution in [3.05, 3.63) is 23.8 Å². The second kappa shape index (κ2) is 4.54. The molecule has 1 aromatic heterocycles. The fourth-order valence-corrected chi connectivity index (χ4v) is 1.80. The van der Waals surface area contributed by atoms with Gasteiger partial charge in [-0.2, -0.15) is 0 Å². The molecule has 5 nitrogen and oxygen atoms in total. The molecule has 0 saturated carbocycles. The average molecular weight is 261 g/mol. The van der Waals surface area contributed by atoms with Crippen LogP contribution in [-0.2, 0) is 9.31 Å². The normalized spacial score (nSPS) is 21.2. The van der Waals surface area contributed by atoms with Gasteiger partial charge in [0.2, 0.25) is 0 Å². The summed E-state index contributed by atoms with van der Waals surface area (Å²) in [6.45, 7) is 8.05. The first-order valence-electron chi connectivity index (χ1n) is 6.27. The molecule has 0 radical (unpaired) electrons. The van der Waals surface area contributed by atoms with E-state index >= 15 is 0 Å². The molecule has 2 rings (SSSR count). The largest absolute Gasteiger partial charge is 0.487 e. The third-order valence-electron chi connectivity index (χ3n) is 3.76. The van der Waals surface area contributed by atoms with Crippen LogP contribution >= 0.6 is 0 Å². The van der Waals surface area contributed by atoms with Crippen LogP contribution in [0.4, 0.5) is 11.5 Å². The standard InChI is InChI=1S/C13H20BN3O2/c1-12(2)13(3,4)19-14(18-12)7-5-9-6-8-17-11(16)10(9)15/h5-8H,15H2,1-4H3,(H2,16,17)/b7-5+. The minimum atomic E-state index is -0.390. The SMILES string of the molecule is CC1(C)OB(/C=C/c2ccnc(N)c2N)OC1(C)C. The Balaban J connectivity index is 2.15. The van der Waals surface area contributed by atoms with Crippen molar-refractivity contribution in [2.45, 2.75) is 38.9 Å². The quantitative estimate of drug-likeness (QED) is 0.794. The zero-order valence-corrected chi connectivity index (χ0v) is 11.8. The van der Waals surface area contributed by atoms with E-state index in [2.05, 4.69) is 4.98 Å². The summed E-state index contributed by atoms with van der Waals surface area (Å²) in [6.07, 6.45) is 3.46. The molecule has 0 aromatic carbocycles. The predicted molar refractivity (Wildman–Crippen MR) is 78.2 cm³/mol. The molecule has 1 aliphatic heterocycles. The van der Waals surface area contributed by atoms with Gasteiger partial charge in [0.15, 0.2) is 0 Å². The lowest BCUT2D eigenvalue weighted by molar-refractivity contribution is 0.00578. The van der Waals surface area contributed by atoms with E-state index in [4.69, 9.17) is 20.8 Å². The monoisotopic (exact) mass is 261 g/mol. The maximum absolute atomic E-state index is 5.86. The summed E-state index contributed by atoms with van der Waals surface area (Å²) < 4.78 is 11.7. The van der Waals surface area contributed by atoms with Gasteiger partial charge >= 0.3 is 7.12 Å². The second-order valence-electron chi connectivity index (χ2n) is 5.68. The van der Waals surface area contributed by atoms with Crippen molar-refractivity contribution < 1.29 is 9.31 Å². The Hall–Kier alpha value is -1.53. The van der Waals surface area contributed by atoms with E-state index in [1.807, 2.05) is 39.7 Å². The van der Waals surface area contributed by atoms with Gasteiger partial charge < -0.3 is 20.8 Å². The molecule has 6 heteroatoms. The highest BCUT2D eigenvalue weighted by Crippen LogP contribution is 2.37. The smallest absolute Gasteiger partial charge is 0.400 e. The molecule has 19 heavy (non-hydrogen) atoms. The Morgan fingerprint density at radius 2 is 1.74 bits per heavy atom. The van der Waals surface area contributed by atoms with Crippen molar-refractivity contribution >= 4 is 24.7 Å². The Labute approximate surface area is 114 Å². The van der Waals surface area contributed by atoms with Crippen molar-refractivity contribution in [3.8, 4) is 0 Å². The van der Waals surface area contributed by atoms with E-state index in [0.29, 0.717) is 11.5 Å². The van der Waals surface area contributed by atoms with Crippen LogP contribution in [0.3, 0.4) is 0 Å². The number of nitrogens with zero attached hydrogens (tertiary/aromatic N) is 1. The van der Waals surface area contributed by atoms with Gasteiger partial charge in [-0.25, -0.2) is 4.98 Å². The van der Waals surface area contributed by atoms with Gasteiger partial charge in [0.25, 0.3) is 0 Å². The van der Waals surface area contributed by atoms with Gasteiger partial charge in [-0.15, -0.1) is 0 Å². The van der Waals surface area contributed by atoms with Crippen LogP contribution in [0.5, 0.6) is 0 Å². The fourth-order valence-electron chi connectivity index (χ4n) is 1.80. The van der Waals surface area contributed by atoms with Crippen LogP contribution in [0.25, 0.3) is 6.08 Å². The van der Waals surface area contributed by atoms with Crippen LogP contribution in [0, 0.1) is 0 Å². The molecule has 2 heterocycles. The minimum absolute atomic E-state index is 0.330. The van der Waals surface area contributed by atoms with Crippen molar-refractivity contribution in [3.63, 3.8) is 0 Å². The van der Waals surface area contributed by atoms with Gasteiger partial charge in [0.1, 0.15) is 5.82 Å². The summed E-state index contributed by atoms with van der Waals surface area (Å²) in [5.41, 5.74) is 12.1. The lowest BCUT2D eigenvalue weighted by Crippen LogP contribution is -2.41. The molecule has 0 bridgehead atoms. The van der Waals surface area contributed by atoms with E-state index in [9.17, 15) is 0 Å². The van der Waals surface area contributed by atoms with Crippen LogP contribution < -0.4 is 11.5 Å². The molecule has 1 aliphatic rings.